The van der Waals surface area contributed by atoms with E-state index in [1.54, 1.807) is 21.0 Å². The number of nitrogens with one attached hydrogen (secondary N) is 1. The number of allylic oxidation sites excluding steroid dienone is 1. The Kier molecular flexibility index (Phi) is 10.6. The quantitative estimate of drug-likeness (QED) is 0.185. The molecule has 4 aromatic rings. The van der Waals surface area contributed by atoms with Crippen molar-refractivity contribution in [3.8, 4) is 17.0 Å². The van der Waals surface area contributed by atoms with Crippen molar-refractivity contribution in [2.45, 2.75) is 128 Å². The molecular formula is C45H58N6O5S. The predicted octanol–water partition coefficient (Wildman–Crippen LogP) is 7.71. The van der Waals surface area contributed by atoms with Crippen LogP contribution in [0.15, 0.2) is 36.4 Å². The first kappa shape index (κ1) is 39.4. The molecule has 2 aromatic carbocycles. The predicted molar refractivity (Wildman–Crippen MR) is 226 cm³/mol. The molecule has 11 nitrogen and oxygen atoms in total. The molecule has 2 saturated carbocycles. The number of aryl methyl sites for hydroxylation is 1. The van der Waals surface area contributed by atoms with E-state index in [0.717, 1.165) is 88.1 Å². The molecule has 4 aliphatic rings. The zero-order chi connectivity index (χ0) is 40.3. The number of methoxy groups -OCH3 is 1. The highest BCUT2D eigenvalue weighted by molar-refractivity contribution is 7.90. The summed E-state index contributed by atoms with van der Waals surface area (Å²) in [5, 5.41) is 5.61. The summed E-state index contributed by atoms with van der Waals surface area (Å²) < 4.78 is 37.9. The highest BCUT2D eigenvalue weighted by Gasteiger charge is 2.37. The van der Waals surface area contributed by atoms with Crippen LogP contribution in [0.5, 0.6) is 5.75 Å². The molecule has 304 valence electrons. The third-order valence-corrected chi connectivity index (χ3v) is 15.0. The Bertz CT molecular complexity index is 2350. The van der Waals surface area contributed by atoms with E-state index in [0.29, 0.717) is 31.1 Å². The topological polar surface area (TPSA) is 119 Å². The minimum absolute atomic E-state index is 0.0287. The van der Waals surface area contributed by atoms with Gasteiger partial charge in [0.1, 0.15) is 5.75 Å². The maximum absolute atomic E-state index is 14.9. The third-order valence-electron chi connectivity index (χ3n) is 13.3. The van der Waals surface area contributed by atoms with Gasteiger partial charge in [-0.25, -0.2) is 8.42 Å². The van der Waals surface area contributed by atoms with Crippen LogP contribution in [-0.2, 0) is 27.8 Å². The van der Waals surface area contributed by atoms with Gasteiger partial charge in [0.2, 0.25) is 15.9 Å². The fraction of sp³-hybridized carbons (Fsp3) is 0.533. The van der Waals surface area contributed by atoms with Gasteiger partial charge in [0.05, 0.1) is 54.0 Å². The second kappa shape index (κ2) is 15.4. The summed E-state index contributed by atoms with van der Waals surface area (Å²) in [6.07, 6.45) is 11.1. The number of hydrogen-bond donors (Lipinski definition) is 1. The van der Waals surface area contributed by atoms with Crippen LogP contribution >= 0.6 is 0 Å². The van der Waals surface area contributed by atoms with Crippen LogP contribution in [0, 0.1) is 6.92 Å². The number of nitrogens with zero attached hydrogens (tertiary/aromatic N) is 5. The van der Waals surface area contributed by atoms with E-state index in [-0.39, 0.29) is 30.5 Å². The molecule has 4 heterocycles. The van der Waals surface area contributed by atoms with Gasteiger partial charge >= 0.3 is 0 Å². The molecule has 2 aromatic heterocycles. The number of fused-ring (bicyclic) bond motifs is 5. The van der Waals surface area contributed by atoms with Crippen LogP contribution < -0.4 is 9.46 Å². The largest absolute Gasteiger partial charge is 0.497 e. The molecule has 12 heteroatoms. The molecule has 1 saturated heterocycles. The van der Waals surface area contributed by atoms with Gasteiger partial charge in [-0.05, 0) is 132 Å². The minimum Gasteiger partial charge on any atom is -0.497 e. The molecule has 1 N–H and O–H groups in total. The Morgan fingerprint density at radius 3 is 2.32 bits per heavy atom. The average Bonchev–Trinajstić information content (AvgIpc) is 3.59. The number of carbonyl (C=O) groups excluding carboxylic acids is 2. The zero-order valence-corrected chi connectivity index (χ0v) is 35.4. The number of carbonyl (C=O) groups is 2. The second-order valence-electron chi connectivity index (χ2n) is 17.4. The lowest BCUT2D eigenvalue weighted by Gasteiger charge is -2.42. The Morgan fingerprint density at radius 1 is 0.947 bits per heavy atom. The summed E-state index contributed by atoms with van der Waals surface area (Å²) in [4.78, 5) is 32.5. The van der Waals surface area contributed by atoms with Gasteiger partial charge < -0.3 is 14.2 Å². The number of ether oxygens (including phenoxy) is 1. The lowest BCUT2D eigenvalue weighted by atomic mass is 9.81. The minimum atomic E-state index is -3.77. The maximum Gasteiger partial charge on any atom is 0.258 e. The van der Waals surface area contributed by atoms with Crippen molar-refractivity contribution in [1.82, 2.24) is 28.9 Å². The first-order valence-corrected chi connectivity index (χ1v) is 22.5. The molecule has 0 radical (unpaired) electrons. The van der Waals surface area contributed by atoms with Crippen molar-refractivity contribution in [2.24, 2.45) is 0 Å². The Labute approximate surface area is 337 Å². The monoisotopic (exact) mass is 794 g/mol. The molecule has 2 aliphatic carbocycles. The van der Waals surface area contributed by atoms with Crippen LogP contribution in [0.3, 0.4) is 0 Å². The maximum atomic E-state index is 14.9. The average molecular weight is 795 g/mol. The van der Waals surface area contributed by atoms with Gasteiger partial charge in [-0.3, -0.25) is 23.9 Å². The highest BCUT2D eigenvalue weighted by atomic mass is 32.2. The summed E-state index contributed by atoms with van der Waals surface area (Å²) in [5.41, 5.74) is 9.68. The van der Waals surface area contributed by atoms with Gasteiger partial charge in [0.25, 0.3) is 5.91 Å². The van der Waals surface area contributed by atoms with Crippen LogP contribution in [0.25, 0.3) is 33.8 Å². The summed E-state index contributed by atoms with van der Waals surface area (Å²) in [6, 6.07) is 13.2. The number of likely N-dealkylation sites (N-methyl/N-ethyl adjacent to an activating group) is 1. The summed E-state index contributed by atoms with van der Waals surface area (Å²) in [5.74, 6) is 0.603. The normalized spacial score (nSPS) is 20.8. The van der Waals surface area contributed by atoms with Gasteiger partial charge in [-0.2, -0.15) is 5.10 Å². The number of benzene rings is 2. The standard InChI is InChI=1S/C45H58N6O5S/c1-27(2)57(54,55)47-40(52)21-31-16-18-38-39(20-31)50-26-34(22-33-23-36(56-7)17-19-37(33)44(50)42(38)32-12-9-8-10-13-32)43-41(30(5)46-51(43)35-14-11-15-35)45(53)49-24-28(3)48(6)29(4)25-49/h16-20,22-23,27-29,32,35H,8-15,21,24-26H2,1-7H3,(H,47,52)/t28-,29+. The van der Waals surface area contributed by atoms with E-state index in [1.807, 2.05) is 24.0 Å². The van der Waals surface area contributed by atoms with Crippen LogP contribution in [0.2, 0.25) is 0 Å². The summed E-state index contributed by atoms with van der Waals surface area (Å²) >= 11 is 0. The van der Waals surface area contributed by atoms with E-state index in [4.69, 9.17) is 9.84 Å². The fourth-order valence-electron chi connectivity index (χ4n) is 9.57. The summed E-state index contributed by atoms with van der Waals surface area (Å²) in [6.45, 7) is 11.3. The van der Waals surface area contributed by atoms with Gasteiger partial charge in [0.15, 0.2) is 0 Å². The molecule has 0 bridgehead atoms. The number of amides is 2. The zero-order valence-electron chi connectivity index (χ0n) is 34.6. The molecule has 2 aliphatic heterocycles. The Balaban J connectivity index is 1.33. The van der Waals surface area contributed by atoms with Gasteiger partial charge in [0, 0.05) is 41.6 Å². The number of sulfonamides is 1. The van der Waals surface area contributed by atoms with E-state index in [9.17, 15) is 18.0 Å². The van der Waals surface area contributed by atoms with E-state index in [2.05, 4.69) is 70.1 Å². The molecule has 3 fully saturated rings. The second-order valence-corrected chi connectivity index (χ2v) is 19.6. The van der Waals surface area contributed by atoms with Gasteiger partial charge in [-0.15, -0.1) is 0 Å². The van der Waals surface area contributed by atoms with E-state index in [1.165, 1.54) is 24.8 Å². The van der Waals surface area contributed by atoms with Crippen molar-refractivity contribution in [1.29, 1.82) is 0 Å². The highest BCUT2D eigenvalue weighted by Crippen LogP contribution is 2.49. The lowest BCUT2D eigenvalue weighted by Crippen LogP contribution is -2.56. The molecule has 8 rings (SSSR count). The Hall–Kier alpha value is -4.42. The molecule has 2 amide bonds. The van der Waals surface area contributed by atoms with Crippen molar-refractivity contribution in [2.75, 3.05) is 27.2 Å². The van der Waals surface area contributed by atoms with Crippen LogP contribution in [0.4, 0.5) is 0 Å². The first-order valence-electron chi connectivity index (χ1n) is 20.9. The Morgan fingerprint density at radius 2 is 1.67 bits per heavy atom. The van der Waals surface area contributed by atoms with Crippen molar-refractivity contribution >= 4 is 44.4 Å². The SMILES string of the molecule is COc1ccc2c(c1)C=C(c1c(C(=O)N3C[C@@H](C)N(C)[C@@H](C)C3)c(C)nn1C1CCC1)Cn1c-2c(C2CCCCC2)c2ccc(CC(=O)NS(=O)(=O)C(C)C)cc21. The smallest absolute Gasteiger partial charge is 0.258 e. The number of hydrogen-bond acceptors (Lipinski definition) is 7. The first-order chi connectivity index (χ1) is 27.2. The van der Waals surface area contributed by atoms with E-state index < -0.39 is 21.2 Å². The van der Waals surface area contributed by atoms with Gasteiger partial charge in [-0.1, -0.05) is 31.4 Å². The molecule has 0 unspecified atom stereocenters. The fourth-order valence-corrected chi connectivity index (χ4v) is 10.2. The van der Waals surface area contributed by atoms with Crippen molar-refractivity contribution < 1.29 is 22.7 Å². The van der Waals surface area contributed by atoms with Crippen LogP contribution in [-0.4, -0.2) is 89.0 Å². The third kappa shape index (κ3) is 7.21. The van der Waals surface area contributed by atoms with Crippen molar-refractivity contribution in [3.63, 3.8) is 0 Å². The number of aromatic nitrogens is 3. The molecule has 2 atom stereocenters. The molecular weight excluding hydrogens is 737 g/mol. The number of piperazine rings is 1. The number of rotatable bonds is 9. The lowest BCUT2D eigenvalue weighted by molar-refractivity contribution is -0.118. The molecule has 0 spiro atoms. The molecule has 57 heavy (non-hydrogen) atoms. The van der Waals surface area contributed by atoms with Crippen LogP contribution in [0.1, 0.15) is 129 Å². The van der Waals surface area contributed by atoms with E-state index >= 15 is 0 Å². The summed E-state index contributed by atoms with van der Waals surface area (Å²) in [7, 11) is 0.0653. The van der Waals surface area contributed by atoms with Crippen molar-refractivity contribution in [3.05, 3.63) is 70.0 Å².